The quantitative estimate of drug-likeness (QED) is 0.101. The average Bonchev–Trinajstić information content (AvgIpc) is 3.04. The van der Waals surface area contributed by atoms with Crippen molar-refractivity contribution < 1.29 is 20.9 Å². The number of nitrogens with zero attached hydrogens (tertiary/aromatic N) is 3. The van der Waals surface area contributed by atoms with Gasteiger partial charge in [0.05, 0.1) is 11.0 Å². The molecule has 3 heterocycles. The molecule has 0 fully saturated rings. The topological polar surface area (TPSA) is 47.9 Å². The molecule has 0 saturated carbocycles. The normalized spacial score (nSPS) is 11.4. The van der Waals surface area contributed by atoms with Crippen LogP contribution in [0.4, 0.5) is 0 Å². The fourth-order valence-electron chi connectivity index (χ4n) is 5.36. The van der Waals surface area contributed by atoms with E-state index in [4.69, 9.17) is 14.7 Å². The number of hydrogen-bond donors (Lipinski definition) is 0. The van der Waals surface area contributed by atoms with Crippen LogP contribution in [0.3, 0.4) is 0 Å². The summed E-state index contributed by atoms with van der Waals surface area (Å²) in [5.41, 5.74) is 7.49. The van der Waals surface area contributed by atoms with Crippen molar-refractivity contribution in [2.24, 2.45) is 0 Å². The van der Waals surface area contributed by atoms with Crippen LogP contribution in [-0.2, 0) is 16.1 Å². The third kappa shape index (κ3) is 6.20. The number of fused-ring (bicyclic) bond motifs is 4. The molecule has 0 N–H and O–H groups in total. The van der Waals surface area contributed by atoms with Gasteiger partial charge in [0.2, 0.25) is 5.88 Å². The van der Waals surface area contributed by atoms with Gasteiger partial charge in [-0.2, -0.15) is 0 Å². The maximum absolute atomic E-state index is 6.15. The van der Waals surface area contributed by atoms with Gasteiger partial charge in [-0.15, -0.1) is 23.6 Å². The van der Waals surface area contributed by atoms with Gasteiger partial charge in [-0.05, 0) is 55.7 Å². The summed E-state index contributed by atoms with van der Waals surface area (Å²) < 4.78 is 6.15. The molecule has 0 saturated heterocycles. The number of benzene rings is 4. The van der Waals surface area contributed by atoms with Gasteiger partial charge >= 0.3 is 35.5 Å². The molecule has 0 aliphatic carbocycles. The molecule has 3 aromatic heterocycles. The number of halogens is 1. The van der Waals surface area contributed by atoms with E-state index in [0.717, 1.165) is 66.1 Å². The van der Waals surface area contributed by atoms with Crippen molar-refractivity contribution in [3.05, 3.63) is 122 Å². The molecule has 0 bridgehead atoms. The van der Waals surface area contributed by atoms with Crippen LogP contribution < -0.4 is 4.74 Å². The van der Waals surface area contributed by atoms with Crippen molar-refractivity contribution in [3.63, 3.8) is 0 Å². The monoisotopic (exact) mass is 852 g/mol. The average molecular weight is 853 g/mol. The maximum atomic E-state index is 6.15. The van der Waals surface area contributed by atoms with Crippen molar-refractivity contribution >= 4 is 51.9 Å². The van der Waals surface area contributed by atoms with Gasteiger partial charge in [0.1, 0.15) is 5.60 Å². The summed E-state index contributed by atoms with van der Waals surface area (Å²) in [6.45, 7) is 6.08. The predicted octanol–water partition coefficient (Wildman–Crippen LogP) is 10.2. The first-order valence-corrected chi connectivity index (χ1v) is 20.3. The molecule has 6 heteroatoms. The minimum atomic E-state index is -0.361. The van der Waals surface area contributed by atoms with Crippen LogP contribution in [0.25, 0.3) is 66.1 Å². The molecule has 43 heavy (non-hydrogen) atoms. The fraction of sp³-hybridized carbons (Fsp3) is 0.108. The molecule has 0 atom stereocenters. The van der Waals surface area contributed by atoms with E-state index in [1.807, 2.05) is 57.4 Å². The third-order valence-electron chi connectivity index (χ3n) is 7.15. The summed E-state index contributed by atoms with van der Waals surface area (Å²) >= 11 is 4.23. The molecule has 0 amide bonds. The number of rotatable bonds is 4. The Bertz CT molecular complexity index is 2060. The number of pyridine rings is 3. The van der Waals surface area contributed by atoms with E-state index in [2.05, 4.69) is 125 Å². The Balaban J connectivity index is 0.00000161. The molecule has 0 aliphatic rings. The van der Waals surface area contributed by atoms with Crippen molar-refractivity contribution in [2.45, 2.75) is 26.4 Å². The Morgan fingerprint density at radius 3 is 2.12 bits per heavy atom. The summed E-state index contributed by atoms with van der Waals surface area (Å²) in [7, 11) is 0. The Morgan fingerprint density at radius 2 is 1.35 bits per heavy atom. The summed E-state index contributed by atoms with van der Waals surface area (Å²) in [5.74, 6) is 0.582. The molecular formula is C37H28IN3OPt. The number of aromatic nitrogens is 3. The van der Waals surface area contributed by atoms with Gasteiger partial charge in [0.15, 0.2) is 0 Å². The second-order valence-corrected chi connectivity index (χ2v) is 11.2. The fourth-order valence-corrected chi connectivity index (χ4v) is 5.36. The first-order valence-electron chi connectivity index (χ1n) is 13.9. The van der Waals surface area contributed by atoms with E-state index < -0.39 is 0 Å². The zero-order valence-corrected chi connectivity index (χ0v) is 28.3. The molecular weight excluding hydrogens is 824 g/mol. The Morgan fingerprint density at radius 1 is 0.674 bits per heavy atom. The predicted molar refractivity (Wildman–Crippen MR) is 182 cm³/mol. The van der Waals surface area contributed by atoms with Gasteiger partial charge in [0, 0.05) is 34.9 Å². The van der Waals surface area contributed by atoms with Crippen LogP contribution in [0, 0.1) is 6.07 Å². The van der Waals surface area contributed by atoms with Crippen LogP contribution in [-0.4, -0.2) is 20.6 Å². The van der Waals surface area contributed by atoms with E-state index in [0.29, 0.717) is 5.88 Å². The van der Waals surface area contributed by atoms with Crippen molar-refractivity contribution in [2.75, 3.05) is 0 Å². The van der Waals surface area contributed by atoms with Gasteiger partial charge in [-0.3, -0.25) is 9.97 Å². The molecule has 7 rings (SSSR count). The van der Waals surface area contributed by atoms with Gasteiger partial charge in [0.25, 0.3) is 0 Å². The summed E-state index contributed by atoms with van der Waals surface area (Å²) in [5, 5.41) is 4.25. The number of ether oxygens (including phenoxy) is 1. The van der Waals surface area contributed by atoms with Crippen LogP contribution in [0.2, 0.25) is 0 Å². The van der Waals surface area contributed by atoms with E-state index in [9.17, 15) is 0 Å². The Hall–Kier alpha value is -3.67. The number of hydrogen-bond acceptors (Lipinski definition) is 4. The molecule has 0 unspecified atom stereocenters. The Kier molecular flexibility index (Phi) is 8.56. The minimum absolute atomic E-state index is 0.361. The second-order valence-electron chi connectivity index (χ2n) is 11.2. The van der Waals surface area contributed by atoms with E-state index in [-0.39, 0.29) is 5.60 Å². The SMILES string of the molecule is CC(C)(C)Oc1ccc2ccc3c(-c4ccncc4)cc(-c4[c-]c5ccccc5c(-c5ccccc5)c4)nc3c2n1.[I][Pt+]. The summed E-state index contributed by atoms with van der Waals surface area (Å²) in [6, 6.07) is 39.2. The van der Waals surface area contributed by atoms with E-state index in [1.54, 1.807) is 0 Å². The van der Waals surface area contributed by atoms with Crippen molar-refractivity contribution in [3.8, 4) is 39.4 Å². The summed E-state index contributed by atoms with van der Waals surface area (Å²) in [4.78, 5) is 14.5. The van der Waals surface area contributed by atoms with Crippen LogP contribution in [0.1, 0.15) is 20.8 Å². The second kappa shape index (κ2) is 12.5. The van der Waals surface area contributed by atoms with Crippen LogP contribution in [0.15, 0.2) is 116 Å². The first kappa shape index (κ1) is 29.4. The van der Waals surface area contributed by atoms with E-state index in [1.165, 1.54) is 0 Å². The molecule has 4 aromatic carbocycles. The van der Waals surface area contributed by atoms with Crippen LogP contribution >= 0.6 is 19.4 Å². The summed E-state index contributed by atoms with van der Waals surface area (Å²) in [6.07, 6.45) is 3.65. The van der Waals surface area contributed by atoms with Crippen LogP contribution in [0.5, 0.6) is 5.88 Å². The molecule has 214 valence electrons. The van der Waals surface area contributed by atoms with E-state index >= 15 is 0 Å². The van der Waals surface area contributed by atoms with Gasteiger partial charge in [-0.1, -0.05) is 83.2 Å². The zero-order chi connectivity index (χ0) is 30.0. The standard InChI is InChI=1S/C37H28N3O.HI.Pt/c1-37(2,3)41-34-16-14-26-13-15-30-32(25-17-19-38-20-18-25)23-33(39-36(30)35(26)40-34)28-21-27-11-7-8-12-29(27)31(22-28)24-9-5-4-6-10-24;;/h4-20,22-23H,1-3H3;1H;/q-1;;+2/p-1. The molecule has 0 aliphatic heterocycles. The van der Waals surface area contributed by atoms with Crippen molar-refractivity contribution in [1.82, 2.24) is 15.0 Å². The van der Waals surface area contributed by atoms with Gasteiger partial charge in [-0.25, -0.2) is 4.98 Å². The third-order valence-corrected chi connectivity index (χ3v) is 7.15. The van der Waals surface area contributed by atoms with Crippen molar-refractivity contribution in [1.29, 1.82) is 0 Å². The first-order chi connectivity index (χ1) is 20.9. The molecule has 4 nitrogen and oxygen atoms in total. The Labute approximate surface area is 273 Å². The zero-order valence-electron chi connectivity index (χ0n) is 23.9. The molecule has 0 spiro atoms. The molecule has 0 radical (unpaired) electrons. The molecule has 7 aromatic rings. The van der Waals surface area contributed by atoms with Gasteiger partial charge < -0.3 is 4.74 Å².